The molecule has 0 radical (unpaired) electrons. The Labute approximate surface area is 151 Å². The van der Waals surface area contributed by atoms with E-state index in [1.165, 1.54) is 5.56 Å². The van der Waals surface area contributed by atoms with Crippen LogP contribution in [0.25, 0.3) is 0 Å². The third-order valence-corrected chi connectivity index (χ3v) is 4.62. The molecule has 1 N–H and O–H groups in total. The topological polar surface area (TPSA) is 38.3 Å². The molecule has 0 heterocycles. The number of hydrogen-bond donors (Lipinski definition) is 1. The summed E-state index contributed by atoms with van der Waals surface area (Å²) in [5.41, 5.74) is 5.22. The van der Waals surface area contributed by atoms with Crippen LogP contribution in [-0.4, -0.2) is 13.0 Å². The Morgan fingerprint density at radius 2 is 1.60 bits per heavy atom. The first-order valence-electron chi connectivity index (χ1n) is 8.84. The van der Waals surface area contributed by atoms with E-state index in [4.69, 9.17) is 4.74 Å². The summed E-state index contributed by atoms with van der Waals surface area (Å²) in [7, 11) is 1.66. The minimum absolute atomic E-state index is 0.0120. The quantitative estimate of drug-likeness (QED) is 0.791. The number of ether oxygens (including phenoxy) is 1. The Kier molecular flexibility index (Phi) is 6.24. The summed E-state index contributed by atoms with van der Waals surface area (Å²) in [6.45, 7) is 10.4. The normalized spacial score (nSPS) is 12.1. The van der Waals surface area contributed by atoms with Gasteiger partial charge in [-0.1, -0.05) is 32.0 Å². The third kappa shape index (κ3) is 4.85. The van der Waals surface area contributed by atoms with E-state index in [1.807, 2.05) is 44.2 Å². The predicted octanol–water partition coefficient (Wildman–Crippen LogP) is 5.14. The van der Waals surface area contributed by atoms with Gasteiger partial charge in [-0.15, -0.1) is 0 Å². The fourth-order valence-electron chi connectivity index (χ4n) is 3.03. The first kappa shape index (κ1) is 19.0. The van der Waals surface area contributed by atoms with Crippen molar-refractivity contribution in [3.63, 3.8) is 0 Å². The number of benzene rings is 2. The van der Waals surface area contributed by atoms with Crippen molar-refractivity contribution in [2.45, 2.75) is 47.1 Å². The van der Waals surface area contributed by atoms with Gasteiger partial charge in [0.1, 0.15) is 5.75 Å². The highest BCUT2D eigenvalue weighted by molar-refractivity contribution is 5.96. The van der Waals surface area contributed by atoms with Gasteiger partial charge in [0.05, 0.1) is 13.2 Å². The second-order valence-corrected chi connectivity index (χ2v) is 7.18. The average molecular weight is 339 g/mol. The van der Waals surface area contributed by atoms with Crippen molar-refractivity contribution < 1.29 is 9.53 Å². The van der Waals surface area contributed by atoms with E-state index in [1.54, 1.807) is 7.11 Å². The van der Waals surface area contributed by atoms with Crippen LogP contribution in [0.2, 0.25) is 0 Å². The molecule has 3 nitrogen and oxygen atoms in total. The van der Waals surface area contributed by atoms with Crippen molar-refractivity contribution >= 4 is 5.91 Å². The number of rotatable bonds is 6. The highest BCUT2D eigenvalue weighted by Gasteiger charge is 2.19. The van der Waals surface area contributed by atoms with E-state index in [2.05, 4.69) is 32.2 Å². The molecule has 0 aliphatic heterocycles. The molecular weight excluding hydrogens is 310 g/mol. The number of hydrogen-bond acceptors (Lipinski definition) is 2. The second kappa shape index (κ2) is 8.19. The SMILES string of the molecule is COc1ccc([C@@H](CC(C)C)NC(=O)c2cc(C)c(C)cc2C)cc1. The number of nitrogens with one attached hydrogen (secondary N) is 1. The standard InChI is InChI=1S/C22H29NO2/c1-14(2)11-21(18-7-9-19(25-6)10-8-18)23-22(24)20-13-16(4)15(3)12-17(20)5/h7-10,12-14,21H,11H2,1-6H3,(H,23,24)/t21-/m1/s1. The van der Waals surface area contributed by atoms with Crippen molar-refractivity contribution in [2.75, 3.05) is 7.11 Å². The van der Waals surface area contributed by atoms with Gasteiger partial charge < -0.3 is 10.1 Å². The number of carbonyl (C=O) groups excluding carboxylic acids is 1. The largest absolute Gasteiger partial charge is 0.497 e. The molecule has 134 valence electrons. The van der Waals surface area contributed by atoms with Gasteiger partial charge in [-0.2, -0.15) is 0 Å². The van der Waals surface area contributed by atoms with Gasteiger partial charge in [0.25, 0.3) is 5.91 Å². The molecule has 0 saturated heterocycles. The molecule has 0 unspecified atom stereocenters. The van der Waals surface area contributed by atoms with E-state index in [-0.39, 0.29) is 11.9 Å². The zero-order valence-corrected chi connectivity index (χ0v) is 16.1. The van der Waals surface area contributed by atoms with E-state index in [0.717, 1.165) is 34.4 Å². The Balaban J connectivity index is 2.27. The number of amides is 1. The molecule has 3 heteroatoms. The Morgan fingerprint density at radius 3 is 2.16 bits per heavy atom. The van der Waals surface area contributed by atoms with Crippen LogP contribution in [-0.2, 0) is 0 Å². The maximum absolute atomic E-state index is 12.9. The van der Waals surface area contributed by atoms with E-state index in [0.29, 0.717) is 5.92 Å². The lowest BCUT2D eigenvalue weighted by Gasteiger charge is -2.22. The molecule has 0 aromatic heterocycles. The summed E-state index contributed by atoms with van der Waals surface area (Å²) < 4.78 is 5.23. The molecule has 1 amide bonds. The summed E-state index contributed by atoms with van der Waals surface area (Å²) in [5, 5.41) is 3.23. The van der Waals surface area contributed by atoms with E-state index < -0.39 is 0 Å². The zero-order valence-electron chi connectivity index (χ0n) is 16.1. The van der Waals surface area contributed by atoms with Gasteiger partial charge in [-0.25, -0.2) is 0 Å². The molecule has 0 fully saturated rings. The van der Waals surface area contributed by atoms with Gasteiger partial charge in [-0.3, -0.25) is 4.79 Å². The van der Waals surface area contributed by atoms with Crippen molar-refractivity contribution in [2.24, 2.45) is 5.92 Å². The lowest BCUT2D eigenvalue weighted by Crippen LogP contribution is -2.30. The van der Waals surface area contributed by atoms with Crippen LogP contribution >= 0.6 is 0 Å². The first-order valence-corrected chi connectivity index (χ1v) is 8.84. The molecule has 0 spiro atoms. The fraction of sp³-hybridized carbons (Fsp3) is 0.409. The van der Waals surface area contributed by atoms with Crippen LogP contribution in [0.4, 0.5) is 0 Å². The van der Waals surface area contributed by atoms with Gasteiger partial charge in [0.2, 0.25) is 0 Å². The first-order chi connectivity index (χ1) is 11.8. The Bertz CT molecular complexity index is 732. The lowest BCUT2D eigenvalue weighted by atomic mass is 9.95. The molecule has 0 aliphatic rings. The average Bonchev–Trinajstić information content (AvgIpc) is 2.57. The van der Waals surface area contributed by atoms with Crippen molar-refractivity contribution in [3.8, 4) is 5.75 Å². The molecule has 0 saturated carbocycles. The Hall–Kier alpha value is -2.29. The summed E-state index contributed by atoms with van der Waals surface area (Å²) in [4.78, 5) is 12.9. The summed E-state index contributed by atoms with van der Waals surface area (Å²) in [5.74, 6) is 1.29. The van der Waals surface area contributed by atoms with Crippen LogP contribution in [0, 0.1) is 26.7 Å². The highest BCUT2D eigenvalue weighted by Crippen LogP contribution is 2.25. The van der Waals surface area contributed by atoms with E-state index >= 15 is 0 Å². The number of methoxy groups -OCH3 is 1. The smallest absolute Gasteiger partial charge is 0.252 e. The van der Waals surface area contributed by atoms with Gasteiger partial charge >= 0.3 is 0 Å². The van der Waals surface area contributed by atoms with Crippen molar-refractivity contribution in [3.05, 3.63) is 64.2 Å². The maximum atomic E-state index is 12.9. The fourth-order valence-corrected chi connectivity index (χ4v) is 3.03. The summed E-state index contributed by atoms with van der Waals surface area (Å²) in [6, 6.07) is 12.0. The molecule has 0 bridgehead atoms. The molecule has 2 aromatic rings. The van der Waals surface area contributed by atoms with Gasteiger partial charge in [-0.05, 0) is 73.6 Å². The zero-order chi connectivity index (χ0) is 18.6. The summed E-state index contributed by atoms with van der Waals surface area (Å²) >= 11 is 0. The minimum Gasteiger partial charge on any atom is -0.497 e. The predicted molar refractivity (Wildman–Crippen MR) is 103 cm³/mol. The molecular formula is C22H29NO2. The molecule has 0 aliphatic carbocycles. The number of aryl methyl sites for hydroxylation is 3. The van der Waals surface area contributed by atoms with Crippen LogP contribution in [0.3, 0.4) is 0 Å². The lowest BCUT2D eigenvalue weighted by molar-refractivity contribution is 0.0931. The van der Waals surface area contributed by atoms with Gasteiger partial charge in [0.15, 0.2) is 0 Å². The molecule has 25 heavy (non-hydrogen) atoms. The van der Waals surface area contributed by atoms with Gasteiger partial charge in [0, 0.05) is 5.56 Å². The van der Waals surface area contributed by atoms with Crippen LogP contribution in [0.15, 0.2) is 36.4 Å². The van der Waals surface area contributed by atoms with Crippen LogP contribution < -0.4 is 10.1 Å². The van der Waals surface area contributed by atoms with E-state index in [9.17, 15) is 4.79 Å². The van der Waals surface area contributed by atoms with Crippen molar-refractivity contribution in [1.82, 2.24) is 5.32 Å². The minimum atomic E-state index is -0.0144. The highest BCUT2D eigenvalue weighted by atomic mass is 16.5. The molecule has 2 aromatic carbocycles. The maximum Gasteiger partial charge on any atom is 0.252 e. The second-order valence-electron chi connectivity index (χ2n) is 7.18. The monoisotopic (exact) mass is 339 g/mol. The summed E-state index contributed by atoms with van der Waals surface area (Å²) in [6.07, 6.45) is 0.891. The molecule has 1 atom stereocenters. The number of carbonyl (C=O) groups is 1. The Morgan fingerprint density at radius 1 is 1.00 bits per heavy atom. The van der Waals surface area contributed by atoms with Crippen molar-refractivity contribution in [1.29, 1.82) is 0 Å². The van der Waals surface area contributed by atoms with Crippen LogP contribution in [0.5, 0.6) is 5.75 Å². The van der Waals surface area contributed by atoms with Crippen LogP contribution in [0.1, 0.15) is 58.9 Å². The third-order valence-electron chi connectivity index (χ3n) is 4.62. The molecule has 2 rings (SSSR count).